The SMILES string of the molecule is CC(=O)N[C@@H]1[C@H](O[C@H]2[C@H](O)[C@@H](C)O[C@@H](O)[C@@H]2NC(C)=O)O[C@@H](CO)[C@@H](O)[C@@H]1O. The third kappa shape index (κ3) is 4.96. The Morgan fingerprint density at radius 1 is 0.929 bits per heavy atom. The van der Waals surface area contributed by atoms with Crippen LogP contribution in [-0.4, -0.2) is 105 Å². The number of aliphatic hydroxyl groups is 5. The molecular weight excluding hydrogens is 380 g/mol. The van der Waals surface area contributed by atoms with Gasteiger partial charge in [-0.05, 0) is 6.92 Å². The lowest BCUT2D eigenvalue weighted by atomic mass is 9.95. The maximum atomic E-state index is 11.5. The van der Waals surface area contributed by atoms with Gasteiger partial charge in [0.05, 0.1) is 12.7 Å². The Balaban J connectivity index is 2.29. The quantitative estimate of drug-likeness (QED) is 0.236. The standard InChI is InChI=1S/C16H28N2O10/c1-5-11(22)14(10(15(25)26-5)18-7(3)21)28-16-9(17-6(2)20)13(24)12(23)8(4-19)27-16/h5,8-16,19,22-25H,4H2,1-3H3,(H,17,20)(H,18,21)/t5-,8+,9+,10-,11-,12-,13-,14-,15-,16+/m1/s1. The molecule has 162 valence electrons. The topological polar surface area (TPSA) is 187 Å². The molecular formula is C16H28N2O10. The molecule has 0 unspecified atom stereocenters. The van der Waals surface area contributed by atoms with Gasteiger partial charge in [-0.25, -0.2) is 0 Å². The van der Waals surface area contributed by atoms with Crippen LogP contribution in [0, 0.1) is 0 Å². The van der Waals surface area contributed by atoms with E-state index in [-0.39, 0.29) is 0 Å². The molecule has 2 fully saturated rings. The van der Waals surface area contributed by atoms with Crippen molar-refractivity contribution in [1.29, 1.82) is 0 Å². The molecule has 0 bridgehead atoms. The number of ether oxygens (including phenoxy) is 3. The fraction of sp³-hybridized carbons (Fsp3) is 0.875. The minimum atomic E-state index is -1.54. The van der Waals surface area contributed by atoms with Gasteiger partial charge in [-0.1, -0.05) is 0 Å². The van der Waals surface area contributed by atoms with Crippen LogP contribution < -0.4 is 10.6 Å². The lowest BCUT2D eigenvalue weighted by Crippen LogP contribution is -2.69. The Bertz CT molecular complexity index is 564. The third-order valence-corrected chi connectivity index (χ3v) is 4.74. The monoisotopic (exact) mass is 408 g/mol. The van der Waals surface area contributed by atoms with E-state index in [9.17, 15) is 35.1 Å². The first kappa shape index (κ1) is 22.9. The Morgan fingerprint density at radius 3 is 2.04 bits per heavy atom. The summed E-state index contributed by atoms with van der Waals surface area (Å²) in [6, 6.07) is -2.42. The molecule has 10 atom stereocenters. The summed E-state index contributed by atoms with van der Waals surface area (Å²) in [6.07, 6.45) is -10.6. The fourth-order valence-electron chi connectivity index (χ4n) is 3.32. The third-order valence-electron chi connectivity index (χ3n) is 4.74. The van der Waals surface area contributed by atoms with Gasteiger partial charge in [0.25, 0.3) is 0 Å². The minimum Gasteiger partial charge on any atom is -0.394 e. The normalized spacial score (nSPS) is 44.0. The van der Waals surface area contributed by atoms with Gasteiger partial charge in [0.1, 0.15) is 42.6 Å². The summed E-state index contributed by atoms with van der Waals surface area (Å²) < 4.78 is 16.4. The molecule has 2 aliphatic heterocycles. The molecule has 0 aromatic rings. The van der Waals surface area contributed by atoms with Gasteiger partial charge in [-0.3, -0.25) is 9.59 Å². The van der Waals surface area contributed by atoms with E-state index in [4.69, 9.17) is 14.2 Å². The molecule has 0 saturated carbocycles. The number of amides is 2. The van der Waals surface area contributed by atoms with E-state index in [1.165, 1.54) is 20.8 Å². The van der Waals surface area contributed by atoms with Crippen LogP contribution in [0.5, 0.6) is 0 Å². The summed E-state index contributed by atoms with van der Waals surface area (Å²) in [4.78, 5) is 23.0. The first-order valence-electron chi connectivity index (χ1n) is 8.90. The van der Waals surface area contributed by atoms with Gasteiger partial charge in [0.15, 0.2) is 12.6 Å². The highest BCUT2D eigenvalue weighted by molar-refractivity contribution is 5.73. The molecule has 28 heavy (non-hydrogen) atoms. The molecule has 12 nitrogen and oxygen atoms in total. The average Bonchev–Trinajstić information content (AvgIpc) is 2.61. The van der Waals surface area contributed by atoms with Crippen LogP contribution in [0.25, 0.3) is 0 Å². The second kappa shape index (κ2) is 9.41. The predicted molar refractivity (Wildman–Crippen MR) is 90.4 cm³/mol. The Hall–Kier alpha value is -1.38. The molecule has 2 aliphatic rings. The van der Waals surface area contributed by atoms with E-state index in [0.717, 1.165) is 0 Å². The van der Waals surface area contributed by atoms with Crippen LogP contribution in [-0.2, 0) is 23.8 Å². The number of carbonyl (C=O) groups excluding carboxylic acids is 2. The lowest BCUT2D eigenvalue weighted by Gasteiger charge is -2.47. The van der Waals surface area contributed by atoms with Crippen molar-refractivity contribution in [3.63, 3.8) is 0 Å². The van der Waals surface area contributed by atoms with E-state index in [1.807, 2.05) is 0 Å². The van der Waals surface area contributed by atoms with Crippen molar-refractivity contribution < 1.29 is 49.3 Å². The molecule has 12 heteroatoms. The number of hydrogen-bond donors (Lipinski definition) is 7. The van der Waals surface area contributed by atoms with Gasteiger partial charge < -0.3 is 50.4 Å². The van der Waals surface area contributed by atoms with Crippen molar-refractivity contribution in [2.75, 3.05) is 6.61 Å². The van der Waals surface area contributed by atoms with Crippen molar-refractivity contribution in [2.24, 2.45) is 0 Å². The molecule has 0 radical (unpaired) electrons. The van der Waals surface area contributed by atoms with Crippen molar-refractivity contribution in [2.45, 2.75) is 82.1 Å². The Labute approximate surface area is 161 Å². The maximum absolute atomic E-state index is 11.5. The number of nitrogens with one attached hydrogen (secondary N) is 2. The van der Waals surface area contributed by atoms with E-state index >= 15 is 0 Å². The van der Waals surface area contributed by atoms with E-state index in [0.29, 0.717) is 0 Å². The summed E-state index contributed by atoms with van der Waals surface area (Å²) in [5.74, 6) is -1.06. The smallest absolute Gasteiger partial charge is 0.217 e. The van der Waals surface area contributed by atoms with Gasteiger partial charge >= 0.3 is 0 Å². The number of hydrogen-bond acceptors (Lipinski definition) is 10. The van der Waals surface area contributed by atoms with Gasteiger partial charge in [0, 0.05) is 13.8 Å². The number of rotatable bonds is 5. The molecule has 0 aromatic heterocycles. The largest absolute Gasteiger partial charge is 0.394 e. The lowest BCUT2D eigenvalue weighted by molar-refractivity contribution is -0.320. The minimum absolute atomic E-state index is 0.519. The summed E-state index contributed by atoms with van der Waals surface area (Å²) in [5, 5.41) is 55.2. The molecule has 0 spiro atoms. The average molecular weight is 408 g/mol. The maximum Gasteiger partial charge on any atom is 0.217 e. The highest BCUT2D eigenvalue weighted by atomic mass is 16.7. The van der Waals surface area contributed by atoms with Gasteiger partial charge in [-0.15, -0.1) is 0 Å². The van der Waals surface area contributed by atoms with Crippen LogP contribution in [0.3, 0.4) is 0 Å². The molecule has 0 aliphatic carbocycles. The summed E-state index contributed by atoms with van der Waals surface area (Å²) in [5.41, 5.74) is 0. The highest BCUT2D eigenvalue weighted by Crippen LogP contribution is 2.28. The van der Waals surface area contributed by atoms with Crippen LogP contribution in [0.15, 0.2) is 0 Å². The van der Waals surface area contributed by atoms with E-state index < -0.39 is 79.7 Å². The number of aliphatic hydroxyl groups excluding tert-OH is 5. The van der Waals surface area contributed by atoms with Crippen molar-refractivity contribution in [1.82, 2.24) is 10.6 Å². The van der Waals surface area contributed by atoms with Gasteiger partial charge in [0.2, 0.25) is 11.8 Å². The molecule has 2 heterocycles. The fourth-order valence-corrected chi connectivity index (χ4v) is 3.32. The molecule has 2 rings (SSSR count). The predicted octanol–water partition coefficient (Wildman–Crippen LogP) is -4.08. The second-order valence-electron chi connectivity index (χ2n) is 6.98. The highest BCUT2D eigenvalue weighted by Gasteiger charge is 2.50. The van der Waals surface area contributed by atoms with Gasteiger partial charge in [-0.2, -0.15) is 0 Å². The Kier molecular flexibility index (Phi) is 7.70. The summed E-state index contributed by atoms with van der Waals surface area (Å²) >= 11 is 0. The molecule has 7 N–H and O–H groups in total. The zero-order valence-electron chi connectivity index (χ0n) is 15.8. The van der Waals surface area contributed by atoms with Crippen molar-refractivity contribution >= 4 is 11.8 Å². The van der Waals surface area contributed by atoms with Crippen LogP contribution >= 0.6 is 0 Å². The Morgan fingerprint density at radius 2 is 1.50 bits per heavy atom. The van der Waals surface area contributed by atoms with Crippen molar-refractivity contribution in [3.05, 3.63) is 0 Å². The molecule has 2 amide bonds. The zero-order chi connectivity index (χ0) is 21.2. The van der Waals surface area contributed by atoms with Crippen LogP contribution in [0.1, 0.15) is 20.8 Å². The number of carbonyl (C=O) groups is 2. The molecule has 0 aromatic carbocycles. The van der Waals surface area contributed by atoms with Crippen molar-refractivity contribution in [3.8, 4) is 0 Å². The van der Waals surface area contributed by atoms with E-state index in [1.54, 1.807) is 0 Å². The molecule has 2 saturated heterocycles. The summed E-state index contributed by atoms with van der Waals surface area (Å²) in [6.45, 7) is 3.22. The second-order valence-corrected chi connectivity index (χ2v) is 6.98. The zero-order valence-corrected chi connectivity index (χ0v) is 15.8. The van der Waals surface area contributed by atoms with E-state index in [2.05, 4.69) is 10.6 Å². The van der Waals surface area contributed by atoms with Crippen LogP contribution in [0.4, 0.5) is 0 Å². The first-order valence-corrected chi connectivity index (χ1v) is 8.90. The van der Waals surface area contributed by atoms with Crippen LogP contribution in [0.2, 0.25) is 0 Å². The summed E-state index contributed by atoms with van der Waals surface area (Å²) in [7, 11) is 0. The first-order chi connectivity index (χ1) is 13.1.